The van der Waals surface area contributed by atoms with Crippen molar-refractivity contribution in [1.29, 1.82) is 0 Å². The van der Waals surface area contributed by atoms with E-state index >= 15 is 0 Å². The third-order valence-corrected chi connectivity index (χ3v) is 8.25. The van der Waals surface area contributed by atoms with Gasteiger partial charge in [0.1, 0.15) is 0 Å². The minimum absolute atomic E-state index is 0.0745. The number of hydrogen-bond acceptors (Lipinski definition) is 4. The standard InChI is InChI=1S/C37H74N2O2/c1-3-5-7-9-11-13-15-17-19-20-22-24-26-28-30-32-37(40)41-36(33-34-38)39-35-31-29-27-25-23-21-18-16-14-12-10-8-6-4-2/h17,19,36,39H,3-16,18,20-35,38H2,1-2H3/b19-17-. The zero-order valence-electron chi connectivity index (χ0n) is 28.0. The third-order valence-electron chi connectivity index (χ3n) is 8.25. The van der Waals surface area contributed by atoms with Gasteiger partial charge in [-0.25, -0.2) is 0 Å². The Bertz CT molecular complexity index is 537. The zero-order chi connectivity index (χ0) is 29.9. The Balaban J connectivity index is 3.54. The van der Waals surface area contributed by atoms with Crippen molar-refractivity contribution < 1.29 is 9.53 Å². The second-order valence-electron chi connectivity index (χ2n) is 12.4. The number of allylic oxidation sites excluding steroid dienone is 2. The molecule has 0 aromatic rings. The summed E-state index contributed by atoms with van der Waals surface area (Å²) in [6.07, 6.45) is 41.4. The summed E-state index contributed by atoms with van der Waals surface area (Å²) in [5, 5.41) is 3.42. The van der Waals surface area contributed by atoms with Crippen molar-refractivity contribution in [1.82, 2.24) is 5.32 Å². The number of nitrogens with two attached hydrogens (primary N) is 1. The number of esters is 1. The fourth-order valence-corrected chi connectivity index (χ4v) is 5.49. The van der Waals surface area contributed by atoms with Crippen LogP contribution in [0.15, 0.2) is 12.2 Å². The Morgan fingerprint density at radius 3 is 1.41 bits per heavy atom. The van der Waals surface area contributed by atoms with Crippen LogP contribution in [0.4, 0.5) is 0 Å². The first kappa shape index (κ1) is 40.1. The van der Waals surface area contributed by atoms with Crippen LogP contribution in [0.2, 0.25) is 0 Å². The van der Waals surface area contributed by atoms with Crippen molar-refractivity contribution in [2.24, 2.45) is 5.73 Å². The normalized spacial score (nSPS) is 12.4. The molecule has 0 aromatic heterocycles. The number of rotatable bonds is 34. The topological polar surface area (TPSA) is 64.3 Å². The zero-order valence-corrected chi connectivity index (χ0v) is 28.0. The second-order valence-corrected chi connectivity index (χ2v) is 12.4. The third kappa shape index (κ3) is 33.5. The van der Waals surface area contributed by atoms with Gasteiger partial charge >= 0.3 is 5.97 Å². The highest BCUT2D eigenvalue weighted by Gasteiger charge is 2.12. The first-order chi connectivity index (χ1) is 20.2. The monoisotopic (exact) mass is 579 g/mol. The summed E-state index contributed by atoms with van der Waals surface area (Å²) in [5.74, 6) is -0.0745. The van der Waals surface area contributed by atoms with Gasteiger partial charge < -0.3 is 10.5 Å². The lowest BCUT2D eigenvalue weighted by molar-refractivity contribution is -0.151. The Morgan fingerprint density at radius 1 is 0.585 bits per heavy atom. The van der Waals surface area contributed by atoms with Crippen LogP contribution in [0.1, 0.15) is 200 Å². The molecule has 0 amide bonds. The lowest BCUT2D eigenvalue weighted by Crippen LogP contribution is -2.36. The highest BCUT2D eigenvalue weighted by molar-refractivity contribution is 5.69. The van der Waals surface area contributed by atoms with E-state index in [9.17, 15) is 4.79 Å². The van der Waals surface area contributed by atoms with Crippen molar-refractivity contribution in [2.75, 3.05) is 13.1 Å². The largest absolute Gasteiger partial charge is 0.447 e. The van der Waals surface area contributed by atoms with E-state index in [1.807, 2.05) is 0 Å². The second kappa shape index (κ2) is 35.3. The summed E-state index contributed by atoms with van der Waals surface area (Å²) in [5.41, 5.74) is 5.76. The average Bonchev–Trinajstić information content (AvgIpc) is 2.97. The van der Waals surface area contributed by atoms with Crippen molar-refractivity contribution in [3.63, 3.8) is 0 Å². The Kier molecular flexibility index (Phi) is 34.6. The molecule has 0 fully saturated rings. The molecule has 0 aliphatic carbocycles. The van der Waals surface area contributed by atoms with E-state index in [-0.39, 0.29) is 12.2 Å². The van der Waals surface area contributed by atoms with Gasteiger partial charge in [-0.2, -0.15) is 0 Å². The van der Waals surface area contributed by atoms with Crippen LogP contribution in [0.5, 0.6) is 0 Å². The molecule has 0 spiro atoms. The van der Waals surface area contributed by atoms with Crippen molar-refractivity contribution in [2.45, 2.75) is 206 Å². The summed E-state index contributed by atoms with van der Waals surface area (Å²) >= 11 is 0. The smallest absolute Gasteiger partial charge is 0.307 e. The van der Waals surface area contributed by atoms with Crippen molar-refractivity contribution in [3.05, 3.63) is 12.2 Å². The molecular formula is C37H74N2O2. The minimum atomic E-state index is -0.224. The van der Waals surface area contributed by atoms with Crippen LogP contribution in [-0.4, -0.2) is 25.3 Å². The molecule has 1 unspecified atom stereocenters. The van der Waals surface area contributed by atoms with Gasteiger partial charge in [0, 0.05) is 12.8 Å². The molecule has 0 heterocycles. The van der Waals surface area contributed by atoms with Gasteiger partial charge in [0.25, 0.3) is 0 Å². The number of carbonyl (C=O) groups excluding carboxylic acids is 1. The molecule has 0 saturated heterocycles. The predicted molar refractivity (Wildman–Crippen MR) is 181 cm³/mol. The molecule has 4 heteroatoms. The quantitative estimate of drug-likeness (QED) is 0.0345. The molecule has 41 heavy (non-hydrogen) atoms. The van der Waals surface area contributed by atoms with E-state index in [0.717, 1.165) is 25.8 Å². The molecule has 0 radical (unpaired) electrons. The summed E-state index contributed by atoms with van der Waals surface area (Å²) in [6, 6.07) is 0. The van der Waals surface area contributed by atoms with Gasteiger partial charge in [-0.1, -0.05) is 161 Å². The Labute approximate surface area is 257 Å². The number of nitrogens with one attached hydrogen (secondary N) is 1. The molecule has 4 nitrogen and oxygen atoms in total. The summed E-state index contributed by atoms with van der Waals surface area (Å²) in [6.45, 7) is 6.00. The molecule has 0 bridgehead atoms. The number of hydrogen-bond donors (Lipinski definition) is 2. The van der Waals surface area contributed by atoms with Crippen molar-refractivity contribution >= 4 is 5.97 Å². The lowest BCUT2D eigenvalue weighted by Gasteiger charge is -2.19. The van der Waals surface area contributed by atoms with E-state index < -0.39 is 0 Å². The van der Waals surface area contributed by atoms with E-state index in [0.29, 0.717) is 19.4 Å². The molecule has 0 saturated carbocycles. The molecule has 1 atom stereocenters. The molecule has 244 valence electrons. The molecule has 3 N–H and O–H groups in total. The molecule has 0 aliphatic heterocycles. The fourth-order valence-electron chi connectivity index (χ4n) is 5.49. The molecular weight excluding hydrogens is 504 g/mol. The first-order valence-corrected chi connectivity index (χ1v) is 18.5. The minimum Gasteiger partial charge on any atom is -0.447 e. The fraction of sp³-hybridized carbons (Fsp3) is 0.919. The van der Waals surface area contributed by atoms with Gasteiger partial charge in [-0.3, -0.25) is 10.1 Å². The highest BCUT2D eigenvalue weighted by Crippen LogP contribution is 2.14. The van der Waals surface area contributed by atoms with Crippen LogP contribution < -0.4 is 11.1 Å². The van der Waals surface area contributed by atoms with Crippen LogP contribution in [0, 0.1) is 0 Å². The lowest BCUT2D eigenvalue weighted by atomic mass is 10.0. The van der Waals surface area contributed by atoms with E-state index in [1.54, 1.807) is 0 Å². The van der Waals surface area contributed by atoms with E-state index in [2.05, 4.69) is 31.3 Å². The molecule has 0 aliphatic rings. The van der Waals surface area contributed by atoms with Gasteiger partial charge in [0.2, 0.25) is 0 Å². The van der Waals surface area contributed by atoms with E-state index in [4.69, 9.17) is 10.5 Å². The number of carbonyl (C=O) groups is 1. The molecule has 0 aromatic carbocycles. The Hall–Kier alpha value is -0.870. The number of ether oxygens (including phenoxy) is 1. The maximum atomic E-state index is 12.3. The Morgan fingerprint density at radius 2 is 0.976 bits per heavy atom. The van der Waals surface area contributed by atoms with Crippen LogP contribution in [0.25, 0.3) is 0 Å². The van der Waals surface area contributed by atoms with Crippen molar-refractivity contribution in [3.8, 4) is 0 Å². The van der Waals surface area contributed by atoms with Gasteiger partial charge in [0.15, 0.2) is 6.23 Å². The van der Waals surface area contributed by atoms with Crippen LogP contribution in [-0.2, 0) is 9.53 Å². The molecule has 0 rings (SSSR count). The number of unbranched alkanes of at least 4 members (excludes halogenated alkanes) is 24. The van der Waals surface area contributed by atoms with Crippen LogP contribution >= 0.6 is 0 Å². The average molecular weight is 579 g/mol. The highest BCUT2D eigenvalue weighted by atomic mass is 16.6. The predicted octanol–water partition coefficient (Wildman–Crippen LogP) is 11.3. The van der Waals surface area contributed by atoms with Gasteiger partial charge in [-0.05, 0) is 51.6 Å². The SMILES string of the molecule is CCCCCCCC/C=C\CCCCCCCC(=O)OC(CCN)NCCCCCCCCCCCCCCCC. The van der Waals surface area contributed by atoms with Gasteiger partial charge in [-0.15, -0.1) is 0 Å². The summed E-state index contributed by atoms with van der Waals surface area (Å²) in [4.78, 5) is 12.3. The first-order valence-electron chi connectivity index (χ1n) is 18.5. The maximum Gasteiger partial charge on any atom is 0.307 e. The van der Waals surface area contributed by atoms with Gasteiger partial charge in [0.05, 0.1) is 0 Å². The summed E-state index contributed by atoms with van der Waals surface area (Å²) in [7, 11) is 0. The summed E-state index contributed by atoms with van der Waals surface area (Å²) < 4.78 is 5.69. The van der Waals surface area contributed by atoms with Crippen LogP contribution in [0.3, 0.4) is 0 Å². The van der Waals surface area contributed by atoms with E-state index in [1.165, 1.54) is 154 Å². The maximum absolute atomic E-state index is 12.3.